The lowest BCUT2D eigenvalue weighted by molar-refractivity contribution is -0.384. The Labute approximate surface area is 228 Å². The molecule has 2 heterocycles. The van der Waals surface area contributed by atoms with Gasteiger partial charge in [-0.1, -0.05) is 66.7 Å². The van der Waals surface area contributed by atoms with Crippen LogP contribution >= 0.6 is 11.3 Å². The van der Waals surface area contributed by atoms with Gasteiger partial charge in [0.25, 0.3) is 5.69 Å². The molecule has 6 aromatic rings. The van der Waals surface area contributed by atoms with Gasteiger partial charge in [-0.15, -0.1) is 11.3 Å². The summed E-state index contributed by atoms with van der Waals surface area (Å²) < 4.78 is 4.06. The lowest BCUT2D eigenvalue weighted by atomic mass is 10.1. The molecule has 0 radical (unpaired) electrons. The van der Waals surface area contributed by atoms with Crippen LogP contribution in [-0.2, 0) is 0 Å². The van der Waals surface area contributed by atoms with Gasteiger partial charge >= 0.3 is 0 Å². The number of para-hydroxylation sites is 2. The molecule has 0 bridgehead atoms. The van der Waals surface area contributed by atoms with Gasteiger partial charge in [-0.05, 0) is 35.9 Å². The van der Waals surface area contributed by atoms with Crippen LogP contribution in [-0.4, -0.2) is 27.4 Å². The topological polar surface area (TPSA) is 77.7 Å². The highest BCUT2D eigenvalue weighted by Crippen LogP contribution is 2.35. The summed E-state index contributed by atoms with van der Waals surface area (Å²) in [4.78, 5) is 15.9. The molecule has 0 aliphatic rings. The van der Waals surface area contributed by atoms with Crippen LogP contribution in [0.2, 0.25) is 0 Å². The number of nitrogens with zero attached hydrogens (tertiary/aromatic N) is 5. The highest BCUT2D eigenvalue weighted by Gasteiger charge is 2.19. The van der Waals surface area contributed by atoms with Crippen molar-refractivity contribution in [2.75, 3.05) is 7.05 Å². The zero-order valence-electron chi connectivity index (χ0n) is 21.0. The number of hydrogen-bond donors (Lipinski definition) is 0. The van der Waals surface area contributed by atoms with Gasteiger partial charge in [0.2, 0.25) is 4.80 Å². The van der Waals surface area contributed by atoms with Crippen molar-refractivity contribution < 1.29 is 4.92 Å². The fraction of sp³-hybridized carbons (Fsp3) is 0.0323. The SMILES string of the molecule is CN=c1scc(-c2ccc([N+](=O)[O-])cc2)n1N=Cc1c(-c2ccccc2)n(-c2ccccc2)c2ccccc12. The van der Waals surface area contributed by atoms with Gasteiger partial charge in [0.15, 0.2) is 0 Å². The Morgan fingerprint density at radius 2 is 1.49 bits per heavy atom. The van der Waals surface area contributed by atoms with E-state index in [1.54, 1.807) is 23.9 Å². The van der Waals surface area contributed by atoms with E-state index in [-0.39, 0.29) is 5.69 Å². The third-order valence-corrected chi connectivity index (χ3v) is 7.44. The van der Waals surface area contributed by atoms with Crippen molar-refractivity contribution in [3.63, 3.8) is 0 Å². The number of fused-ring (bicyclic) bond motifs is 1. The van der Waals surface area contributed by atoms with Gasteiger partial charge in [-0.3, -0.25) is 15.1 Å². The van der Waals surface area contributed by atoms with E-state index in [2.05, 4.69) is 46.0 Å². The second-order valence-electron chi connectivity index (χ2n) is 8.80. The summed E-state index contributed by atoms with van der Waals surface area (Å²) in [7, 11) is 1.73. The monoisotopic (exact) mass is 529 g/mol. The van der Waals surface area contributed by atoms with Crippen LogP contribution in [0.15, 0.2) is 125 Å². The fourth-order valence-electron chi connectivity index (χ4n) is 4.75. The average molecular weight is 530 g/mol. The summed E-state index contributed by atoms with van der Waals surface area (Å²) in [6.07, 6.45) is 1.89. The molecule has 0 spiro atoms. The number of non-ortho nitro benzene ring substituents is 1. The lowest BCUT2D eigenvalue weighted by Gasteiger charge is -2.12. The van der Waals surface area contributed by atoms with Crippen molar-refractivity contribution in [2.24, 2.45) is 10.1 Å². The van der Waals surface area contributed by atoms with E-state index in [1.807, 2.05) is 60.1 Å². The molecule has 0 fully saturated rings. The molecular formula is C31H23N5O2S. The molecule has 2 aromatic heterocycles. The van der Waals surface area contributed by atoms with E-state index < -0.39 is 4.92 Å². The Hall–Kier alpha value is -5.08. The first-order valence-corrected chi connectivity index (χ1v) is 13.2. The molecule has 0 N–H and O–H groups in total. The summed E-state index contributed by atoms with van der Waals surface area (Å²) >= 11 is 1.47. The van der Waals surface area contributed by atoms with Crippen LogP contribution in [0.5, 0.6) is 0 Å². The smallest absolute Gasteiger partial charge is 0.269 e. The molecule has 0 aliphatic heterocycles. The molecule has 8 heteroatoms. The van der Waals surface area contributed by atoms with Crippen LogP contribution < -0.4 is 4.80 Å². The average Bonchev–Trinajstić information content (AvgIpc) is 3.55. The van der Waals surface area contributed by atoms with Crippen LogP contribution in [0, 0.1) is 10.1 Å². The number of thiazole rings is 1. The van der Waals surface area contributed by atoms with Crippen molar-refractivity contribution in [1.82, 2.24) is 9.24 Å². The predicted octanol–water partition coefficient (Wildman–Crippen LogP) is 7.15. The maximum atomic E-state index is 11.1. The van der Waals surface area contributed by atoms with Crippen molar-refractivity contribution in [3.05, 3.63) is 135 Å². The largest absolute Gasteiger partial charge is 0.309 e. The summed E-state index contributed by atoms with van der Waals surface area (Å²) in [5, 5.41) is 19.1. The maximum absolute atomic E-state index is 11.1. The zero-order valence-corrected chi connectivity index (χ0v) is 21.8. The molecule has 4 aromatic carbocycles. The molecule has 190 valence electrons. The van der Waals surface area contributed by atoms with E-state index >= 15 is 0 Å². The summed E-state index contributed by atoms with van der Waals surface area (Å²) in [6.45, 7) is 0. The third kappa shape index (κ3) is 4.47. The second-order valence-corrected chi connectivity index (χ2v) is 9.64. The number of rotatable bonds is 6. The van der Waals surface area contributed by atoms with Crippen molar-refractivity contribution in [3.8, 4) is 28.2 Å². The molecule has 0 saturated heterocycles. The van der Waals surface area contributed by atoms with Crippen molar-refractivity contribution >= 4 is 34.1 Å². The first kappa shape index (κ1) is 24.3. The summed E-state index contributed by atoms with van der Waals surface area (Å²) in [5.41, 5.74) is 6.90. The van der Waals surface area contributed by atoms with Crippen molar-refractivity contribution in [1.29, 1.82) is 0 Å². The highest BCUT2D eigenvalue weighted by molar-refractivity contribution is 7.07. The minimum Gasteiger partial charge on any atom is -0.309 e. The number of nitro benzene ring substituents is 1. The van der Waals surface area contributed by atoms with E-state index in [0.717, 1.165) is 44.7 Å². The highest BCUT2D eigenvalue weighted by atomic mass is 32.1. The van der Waals surface area contributed by atoms with Crippen LogP contribution in [0.4, 0.5) is 5.69 Å². The van der Waals surface area contributed by atoms with E-state index in [1.165, 1.54) is 23.5 Å². The molecule has 0 saturated carbocycles. The summed E-state index contributed by atoms with van der Waals surface area (Å²) in [6, 6.07) is 35.4. The van der Waals surface area contributed by atoms with Gasteiger partial charge in [0.05, 0.1) is 28.0 Å². The first-order chi connectivity index (χ1) is 19.2. The molecule has 0 unspecified atom stereocenters. The number of nitro groups is 1. The number of benzene rings is 4. The standard InChI is InChI=1S/C31H23N5O2S/c1-32-31-35(29(21-39-31)22-16-18-25(19-17-22)36(37)38)33-20-27-26-14-8-9-15-28(26)34(24-12-6-3-7-13-24)30(27)23-10-4-2-5-11-23/h2-21H,1H3. The molecule has 0 amide bonds. The second kappa shape index (κ2) is 10.4. The van der Waals surface area contributed by atoms with Crippen molar-refractivity contribution in [2.45, 2.75) is 0 Å². The maximum Gasteiger partial charge on any atom is 0.269 e. The number of hydrogen-bond acceptors (Lipinski definition) is 5. The normalized spacial score (nSPS) is 12.0. The Kier molecular flexibility index (Phi) is 6.44. The Bertz CT molecular complexity index is 1880. The Morgan fingerprint density at radius 1 is 0.821 bits per heavy atom. The van der Waals surface area contributed by atoms with Gasteiger partial charge < -0.3 is 4.57 Å². The van der Waals surface area contributed by atoms with Gasteiger partial charge in [0, 0.05) is 46.8 Å². The lowest BCUT2D eigenvalue weighted by Crippen LogP contribution is -2.11. The van der Waals surface area contributed by atoms with E-state index in [9.17, 15) is 10.1 Å². The number of aromatic nitrogens is 2. The van der Waals surface area contributed by atoms with E-state index in [4.69, 9.17) is 5.10 Å². The quantitative estimate of drug-likeness (QED) is 0.130. The van der Waals surface area contributed by atoms with Crippen LogP contribution in [0.1, 0.15) is 5.56 Å². The molecular weight excluding hydrogens is 506 g/mol. The molecule has 39 heavy (non-hydrogen) atoms. The van der Waals surface area contributed by atoms with Gasteiger partial charge in [-0.25, -0.2) is 4.68 Å². The molecule has 7 nitrogen and oxygen atoms in total. The molecule has 6 rings (SSSR count). The third-order valence-electron chi connectivity index (χ3n) is 6.53. The zero-order chi connectivity index (χ0) is 26.8. The Balaban J connectivity index is 1.58. The predicted molar refractivity (Wildman–Crippen MR) is 158 cm³/mol. The summed E-state index contributed by atoms with van der Waals surface area (Å²) in [5.74, 6) is 0. The molecule has 0 aliphatic carbocycles. The molecule has 0 atom stereocenters. The van der Waals surface area contributed by atoms with Crippen LogP contribution in [0.25, 0.3) is 39.1 Å². The minimum absolute atomic E-state index is 0.0469. The Morgan fingerprint density at radius 3 is 2.18 bits per heavy atom. The first-order valence-electron chi connectivity index (χ1n) is 12.3. The van der Waals surface area contributed by atoms with E-state index in [0.29, 0.717) is 4.80 Å². The van der Waals surface area contributed by atoms with Gasteiger partial charge in [-0.2, -0.15) is 5.10 Å². The van der Waals surface area contributed by atoms with Gasteiger partial charge in [0.1, 0.15) is 0 Å². The van der Waals surface area contributed by atoms with Crippen LogP contribution in [0.3, 0.4) is 0 Å². The fourth-order valence-corrected chi connectivity index (χ4v) is 5.56. The minimum atomic E-state index is -0.399.